The Kier molecular flexibility index (Phi) is 4.13. The molecule has 1 saturated carbocycles. The van der Waals surface area contributed by atoms with Crippen molar-refractivity contribution in [1.82, 2.24) is 5.32 Å². The molecule has 0 aliphatic heterocycles. The van der Waals surface area contributed by atoms with Gasteiger partial charge in [-0.1, -0.05) is 23.7 Å². The molecular weight excluding hydrogens is 296 g/mol. The van der Waals surface area contributed by atoms with Crippen molar-refractivity contribution in [2.75, 3.05) is 0 Å². The molecule has 0 heterocycles. The highest BCUT2D eigenvalue weighted by Crippen LogP contribution is 2.41. The maximum atomic E-state index is 12.4. The van der Waals surface area contributed by atoms with Gasteiger partial charge in [0.1, 0.15) is 0 Å². The van der Waals surface area contributed by atoms with Gasteiger partial charge in [-0.3, -0.25) is 4.79 Å². The van der Waals surface area contributed by atoms with Gasteiger partial charge in [0.2, 0.25) is 0 Å². The first-order valence-electron chi connectivity index (χ1n) is 7.24. The van der Waals surface area contributed by atoms with Crippen molar-refractivity contribution in [2.45, 2.75) is 18.9 Å². The van der Waals surface area contributed by atoms with Crippen LogP contribution >= 0.6 is 11.6 Å². The minimum Gasteiger partial charge on any atom is -0.345 e. The molecular formula is C18H15ClN2O. The minimum atomic E-state index is -0.115. The largest absolute Gasteiger partial charge is 0.345 e. The number of nitriles is 1. The summed E-state index contributed by atoms with van der Waals surface area (Å²) in [5, 5.41) is 12.6. The van der Waals surface area contributed by atoms with Crippen LogP contribution in [-0.4, -0.2) is 5.91 Å². The molecule has 0 aromatic heterocycles. The minimum absolute atomic E-state index is 0.0143. The van der Waals surface area contributed by atoms with Crippen LogP contribution in [0.2, 0.25) is 5.02 Å². The second-order valence-corrected chi connectivity index (χ2v) is 5.97. The molecule has 4 heteroatoms. The molecule has 0 saturated heterocycles. The van der Waals surface area contributed by atoms with Gasteiger partial charge in [0.15, 0.2) is 0 Å². The predicted molar refractivity (Wildman–Crippen MR) is 85.5 cm³/mol. The number of halogens is 1. The average Bonchev–Trinajstić information content (AvgIpc) is 3.38. The van der Waals surface area contributed by atoms with Crippen LogP contribution in [0.4, 0.5) is 0 Å². The van der Waals surface area contributed by atoms with Gasteiger partial charge in [-0.25, -0.2) is 0 Å². The first-order valence-corrected chi connectivity index (χ1v) is 7.61. The van der Waals surface area contributed by atoms with Crippen molar-refractivity contribution >= 4 is 17.5 Å². The van der Waals surface area contributed by atoms with Crippen LogP contribution in [0.1, 0.15) is 40.4 Å². The average molecular weight is 311 g/mol. The summed E-state index contributed by atoms with van der Waals surface area (Å²) in [6, 6.07) is 16.4. The summed E-state index contributed by atoms with van der Waals surface area (Å²) in [4.78, 5) is 12.4. The molecule has 2 aromatic rings. The number of benzene rings is 2. The highest BCUT2D eigenvalue weighted by atomic mass is 35.5. The third-order valence-corrected chi connectivity index (χ3v) is 4.14. The van der Waals surface area contributed by atoms with Crippen molar-refractivity contribution < 1.29 is 4.79 Å². The van der Waals surface area contributed by atoms with Crippen LogP contribution in [0.25, 0.3) is 0 Å². The molecule has 1 amide bonds. The van der Waals surface area contributed by atoms with E-state index in [1.54, 1.807) is 24.3 Å². The van der Waals surface area contributed by atoms with E-state index in [1.807, 2.05) is 30.3 Å². The van der Waals surface area contributed by atoms with Crippen molar-refractivity contribution in [3.8, 4) is 6.07 Å². The fourth-order valence-corrected chi connectivity index (χ4v) is 2.62. The van der Waals surface area contributed by atoms with E-state index in [-0.39, 0.29) is 11.9 Å². The molecule has 0 spiro atoms. The summed E-state index contributed by atoms with van der Waals surface area (Å²) in [7, 11) is 0. The lowest BCUT2D eigenvalue weighted by Gasteiger charge is -2.19. The van der Waals surface area contributed by atoms with Crippen molar-refractivity contribution in [3.63, 3.8) is 0 Å². The molecule has 110 valence electrons. The molecule has 3 nitrogen and oxygen atoms in total. The quantitative estimate of drug-likeness (QED) is 0.924. The zero-order chi connectivity index (χ0) is 15.5. The molecule has 3 rings (SSSR count). The molecule has 1 N–H and O–H groups in total. The van der Waals surface area contributed by atoms with Crippen molar-refractivity contribution in [1.29, 1.82) is 5.26 Å². The van der Waals surface area contributed by atoms with Crippen LogP contribution in [0.15, 0.2) is 48.5 Å². The number of hydrogen-bond donors (Lipinski definition) is 1. The Morgan fingerprint density at radius 3 is 2.32 bits per heavy atom. The molecule has 0 bridgehead atoms. The lowest BCUT2D eigenvalue weighted by molar-refractivity contribution is 0.0931. The summed E-state index contributed by atoms with van der Waals surface area (Å²) in [6.07, 6.45) is 2.25. The van der Waals surface area contributed by atoms with E-state index < -0.39 is 0 Å². The Balaban J connectivity index is 1.77. The smallest absolute Gasteiger partial charge is 0.251 e. The molecule has 1 aliphatic carbocycles. The van der Waals surface area contributed by atoms with Gasteiger partial charge in [-0.2, -0.15) is 5.26 Å². The van der Waals surface area contributed by atoms with Crippen molar-refractivity contribution in [3.05, 3.63) is 70.2 Å². The maximum Gasteiger partial charge on any atom is 0.251 e. The number of nitrogens with one attached hydrogen (secondary N) is 1. The summed E-state index contributed by atoms with van der Waals surface area (Å²) in [6.45, 7) is 0. The molecule has 1 aliphatic rings. The number of amides is 1. The van der Waals surface area contributed by atoms with Gasteiger partial charge in [0.05, 0.1) is 17.7 Å². The summed E-state index contributed by atoms with van der Waals surface area (Å²) >= 11 is 5.93. The SMILES string of the molecule is N#Cc1ccc(C(=O)N[C@H](c2ccc(Cl)cc2)C2CC2)cc1. The highest BCUT2D eigenvalue weighted by molar-refractivity contribution is 6.30. The van der Waals surface area contributed by atoms with E-state index >= 15 is 0 Å². The van der Waals surface area contributed by atoms with Crippen LogP contribution in [0, 0.1) is 17.2 Å². The van der Waals surface area contributed by atoms with E-state index in [0.717, 1.165) is 18.4 Å². The monoisotopic (exact) mass is 310 g/mol. The number of nitrogens with zero attached hydrogens (tertiary/aromatic N) is 1. The van der Waals surface area contributed by atoms with Crippen LogP contribution in [0.3, 0.4) is 0 Å². The zero-order valence-corrected chi connectivity index (χ0v) is 12.7. The van der Waals surface area contributed by atoms with Gasteiger partial charge in [0.25, 0.3) is 5.91 Å². The second-order valence-electron chi connectivity index (χ2n) is 5.53. The molecule has 2 aromatic carbocycles. The molecule has 1 fully saturated rings. The number of rotatable bonds is 4. The van der Waals surface area contributed by atoms with Crippen molar-refractivity contribution in [2.24, 2.45) is 5.92 Å². The van der Waals surface area contributed by atoms with E-state index in [9.17, 15) is 4.79 Å². The molecule has 0 unspecified atom stereocenters. The Hall–Kier alpha value is -2.31. The summed E-state index contributed by atoms with van der Waals surface area (Å²) < 4.78 is 0. The van der Waals surface area contributed by atoms with Gasteiger partial charge in [0, 0.05) is 10.6 Å². The Morgan fingerprint density at radius 1 is 1.14 bits per heavy atom. The number of carbonyl (C=O) groups is 1. The predicted octanol–water partition coefficient (Wildman–Crippen LogP) is 4.09. The lowest BCUT2D eigenvalue weighted by atomic mass is 10.0. The summed E-state index contributed by atoms with van der Waals surface area (Å²) in [5.41, 5.74) is 2.19. The Labute approximate surface area is 134 Å². The Bertz CT molecular complexity index is 712. The van der Waals surface area contributed by atoms with Gasteiger partial charge >= 0.3 is 0 Å². The number of carbonyl (C=O) groups excluding carboxylic acids is 1. The maximum absolute atomic E-state index is 12.4. The molecule has 1 atom stereocenters. The topological polar surface area (TPSA) is 52.9 Å². The lowest BCUT2D eigenvalue weighted by Crippen LogP contribution is -2.29. The van der Waals surface area contributed by atoms with Crippen LogP contribution < -0.4 is 5.32 Å². The fraction of sp³-hybridized carbons (Fsp3) is 0.222. The van der Waals surface area contributed by atoms with E-state index in [4.69, 9.17) is 16.9 Å². The standard InChI is InChI=1S/C18H15ClN2O/c19-16-9-7-14(8-10-16)17(13-5-6-13)21-18(22)15-3-1-12(11-20)2-4-15/h1-4,7-10,13,17H,5-6H2,(H,21,22)/t17-/m0/s1. The third-order valence-electron chi connectivity index (χ3n) is 3.89. The zero-order valence-electron chi connectivity index (χ0n) is 11.9. The Morgan fingerprint density at radius 2 is 1.77 bits per heavy atom. The van der Waals surface area contributed by atoms with E-state index in [0.29, 0.717) is 22.1 Å². The normalized spacial score (nSPS) is 14.9. The van der Waals surface area contributed by atoms with Crippen LogP contribution in [0.5, 0.6) is 0 Å². The van der Waals surface area contributed by atoms with Gasteiger partial charge < -0.3 is 5.32 Å². The third kappa shape index (κ3) is 3.29. The highest BCUT2D eigenvalue weighted by Gasteiger charge is 2.33. The molecule has 0 radical (unpaired) electrons. The molecule has 22 heavy (non-hydrogen) atoms. The fourth-order valence-electron chi connectivity index (χ4n) is 2.49. The first kappa shape index (κ1) is 14.6. The van der Waals surface area contributed by atoms with E-state index in [2.05, 4.69) is 5.32 Å². The van der Waals surface area contributed by atoms with E-state index in [1.165, 1.54) is 0 Å². The number of hydrogen-bond acceptors (Lipinski definition) is 2. The summed E-state index contributed by atoms with van der Waals surface area (Å²) in [5.74, 6) is 0.375. The first-order chi connectivity index (χ1) is 10.7. The van der Waals surface area contributed by atoms with Crippen LogP contribution in [-0.2, 0) is 0 Å². The van der Waals surface area contributed by atoms with Gasteiger partial charge in [-0.15, -0.1) is 0 Å². The second kappa shape index (κ2) is 6.21. The van der Waals surface area contributed by atoms with Gasteiger partial charge in [-0.05, 0) is 60.7 Å².